The highest BCUT2D eigenvalue weighted by molar-refractivity contribution is 9.10. The first-order valence-electron chi connectivity index (χ1n) is 6.03. The first-order valence-corrected chi connectivity index (χ1v) is 7.20. The Morgan fingerprint density at radius 3 is 3.15 bits per heavy atom. The van der Waals surface area contributed by atoms with Gasteiger partial charge in [0.15, 0.2) is 11.3 Å². The second-order valence-corrected chi connectivity index (χ2v) is 5.52. The van der Waals surface area contributed by atoms with E-state index >= 15 is 0 Å². The van der Waals surface area contributed by atoms with Crippen molar-refractivity contribution in [2.75, 3.05) is 7.11 Å². The largest absolute Gasteiger partial charge is 0.467 e. The van der Waals surface area contributed by atoms with E-state index in [4.69, 9.17) is 21.1 Å². The molecular formula is C12H11BrClN3O3. The molecule has 3 heterocycles. The van der Waals surface area contributed by atoms with Crippen LogP contribution < -0.4 is 0 Å². The van der Waals surface area contributed by atoms with Gasteiger partial charge < -0.3 is 9.47 Å². The Morgan fingerprint density at radius 2 is 2.40 bits per heavy atom. The molecule has 20 heavy (non-hydrogen) atoms. The molecule has 2 aromatic rings. The van der Waals surface area contributed by atoms with Crippen LogP contribution in [0, 0.1) is 0 Å². The number of fused-ring (bicyclic) bond motifs is 1. The maximum absolute atomic E-state index is 11.5. The highest BCUT2D eigenvalue weighted by Crippen LogP contribution is 2.35. The summed E-state index contributed by atoms with van der Waals surface area (Å²) in [5, 5.41) is 0.362. The molecule has 8 heteroatoms. The predicted molar refractivity (Wildman–Crippen MR) is 74.6 cm³/mol. The maximum Gasteiger partial charge on any atom is 0.335 e. The molecule has 1 fully saturated rings. The van der Waals surface area contributed by atoms with Crippen LogP contribution in [0.15, 0.2) is 17.0 Å². The molecule has 0 amide bonds. The fraction of sp³-hybridized carbons (Fsp3) is 0.417. The zero-order chi connectivity index (χ0) is 14.3. The number of hydrogen-bond donors (Lipinski definition) is 0. The van der Waals surface area contributed by atoms with Crippen LogP contribution in [0.4, 0.5) is 0 Å². The average molecular weight is 361 g/mol. The lowest BCUT2D eigenvalue weighted by Gasteiger charge is -2.11. The molecule has 0 spiro atoms. The number of aromatic nitrogens is 3. The van der Waals surface area contributed by atoms with Gasteiger partial charge in [-0.15, -0.1) is 0 Å². The Hall–Kier alpha value is -1.18. The van der Waals surface area contributed by atoms with Gasteiger partial charge in [0.25, 0.3) is 0 Å². The van der Waals surface area contributed by atoms with E-state index in [2.05, 4.69) is 25.9 Å². The van der Waals surface area contributed by atoms with E-state index in [9.17, 15) is 4.79 Å². The second kappa shape index (κ2) is 5.31. The highest BCUT2D eigenvalue weighted by atomic mass is 79.9. The van der Waals surface area contributed by atoms with Crippen LogP contribution in [0.1, 0.15) is 24.8 Å². The van der Waals surface area contributed by atoms with Crippen LogP contribution in [0.25, 0.3) is 5.52 Å². The third kappa shape index (κ3) is 2.19. The van der Waals surface area contributed by atoms with Crippen LogP contribution in [0.3, 0.4) is 0 Å². The Bertz CT molecular complexity index is 675. The van der Waals surface area contributed by atoms with E-state index in [1.807, 2.05) is 4.40 Å². The van der Waals surface area contributed by atoms with E-state index in [-0.39, 0.29) is 12.1 Å². The lowest BCUT2D eigenvalue weighted by atomic mass is 10.2. The molecule has 0 aromatic carbocycles. The summed E-state index contributed by atoms with van der Waals surface area (Å²) >= 11 is 9.44. The number of esters is 1. The molecule has 0 saturated carbocycles. The van der Waals surface area contributed by atoms with Crippen LogP contribution in [0.5, 0.6) is 0 Å². The summed E-state index contributed by atoms with van der Waals surface area (Å²) in [5.41, 5.74) is 0.689. The number of carbonyl (C=O) groups excluding carboxylic acids is 1. The summed E-state index contributed by atoms with van der Waals surface area (Å²) in [6, 6.07) is 0. The van der Waals surface area contributed by atoms with Crippen molar-refractivity contribution in [1.82, 2.24) is 14.4 Å². The average Bonchev–Trinajstić information content (AvgIpc) is 3.04. The van der Waals surface area contributed by atoms with Crippen molar-refractivity contribution in [1.29, 1.82) is 0 Å². The van der Waals surface area contributed by atoms with Gasteiger partial charge in [0.2, 0.25) is 0 Å². The smallest absolute Gasteiger partial charge is 0.335 e. The molecule has 1 aliphatic heterocycles. The fourth-order valence-electron chi connectivity index (χ4n) is 2.34. The molecule has 3 rings (SSSR count). The molecule has 1 aliphatic rings. The predicted octanol–water partition coefficient (Wildman–Crippen LogP) is 2.54. The number of halogens is 2. The number of carbonyl (C=O) groups is 1. The molecule has 0 bridgehead atoms. The first-order chi connectivity index (χ1) is 9.61. The normalized spacial score (nSPS) is 22.4. The van der Waals surface area contributed by atoms with Crippen molar-refractivity contribution in [3.05, 3.63) is 28.0 Å². The Labute approximate surface area is 128 Å². The van der Waals surface area contributed by atoms with E-state index in [1.54, 1.807) is 12.4 Å². The van der Waals surface area contributed by atoms with E-state index < -0.39 is 6.10 Å². The van der Waals surface area contributed by atoms with Crippen LogP contribution in [-0.2, 0) is 14.3 Å². The summed E-state index contributed by atoms with van der Waals surface area (Å²) in [6.07, 6.45) is 3.88. The summed E-state index contributed by atoms with van der Waals surface area (Å²) < 4.78 is 12.8. The quantitative estimate of drug-likeness (QED) is 0.770. The van der Waals surface area contributed by atoms with Crippen LogP contribution in [0.2, 0.25) is 5.15 Å². The molecular weight excluding hydrogens is 350 g/mol. The van der Waals surface area contributed by atoms with Crippen molar-refractivity contribution in [3.8, 4) is 0 Å². The van der Waals surface area contributed by atoms with Gasteiger partial charge in [-0.2, -0.15) is 0 Å². The standard InChI is InChI=1S/C12H11BrClN3O3/c1-19-12(18)7-3-2-6(20-7)11-16-9(13)8-10(14)15-4-5-17(8)11/h4-7H,2-3H2,1H3. The zero-order valence-electron chi connectivity index (χ0n) is 10.5. The molecule has 0 N–H and O–H groups in total. The molecule has 2 unspecified atom stereocenters. The number of nitrogens with zero attached hydrogens (tertiary/aromatic N) is 3. The van der Waals surface area contributed by atoms with Gasteiger partial charge in [0.1, 0.15) is 22.0 Å². The van der Waals surface area contributed by atoms with Crippen molar-refractivity contribution >= 4 is 39.0 Å². The van der Waals surface area contributed by atoms with E-state index in [0.29, 0.717) is 33.9 Å². The Balaban J connectivity index is 1.96. The number of methoxy groups -OCH3 is 1. The third-order valence-corrected chi connectivity index (χ3v) is 4.10. The molecule has 0 aliphatic carbocycles. The van der Waals surface area contributed by atoms with E-state index in [0.717, 1.165) is 0 Å². The van der Waals surface area contributed by atoms with Crippen molar-refractivity contribution in [3.63, 3.8) is 0 Å². The minimum atomic E-state index is -0.534. The van der Waals surface area contributed by atoms with Gasteiger partial charge in [-0.25, -0.2) is 14.8 Å². The van der Waals surface area contributed by atoms with Gasteiger partial charge >= 0.3 is 5.97 Å². The maximum atomic E-state index is 11.5. The van der Waals surface area contributed by atoms with Crippen molar-refractivity contribution in [2.45, 2.75) is 25.0 Å². The van der Waals surface area contributed by atoms with E-state index in [1.165, 1.54) is 7.11 Å². The molecule has 1 saturated heterocycles. The zero-order valence-corrected chi connectivity index (χ0v) is 12.9. The summed E-state index contributed by atoms with van der Waals surface area (Å²) in [7, 11) is 1.35. The van der Waals surface area contributed by atoms with Gasteiger partial charge in [-0.3, -0.25) is 4.40 Å². The lowest BCUT2D eigenvalue weighted by Crippen LogP contribution is -2.21. The highest BCUT2D eigenvalue weighted by Gasteiger charge is 2.35. The van der Waals surface area contributed by atoms with Crippen LogP contribution in [-0.4, -0.2) is 33.6 Å². The minimum absolute atomic E-state index is 0.267. The third-order valence-electron chi connectivity index (χ3n) is 3.27. The van der Waals surface area contributed by atoms with Gasteiger partial charge in [-0.05, 0) is 28.8 Å². The summed E-state index contributed by atoms with van der Waals surface area (Å²) in [5.74, 6) is 0.342. The number of imidazole rings is 1. The van der Waals surface area contributed by atoms with Crippen molar-refractivity contribution < 1.29 is 14.3 Å². The van der Waals surface area contributed by atoms with Crippen molar-refractivity contribution in [2.24, 2.45) is 0 Å². The Kier molecular flexibility index (Phi) is 3.66. The topological polar surface area (TPSA) is 65.7 Å². The van der Waals surface area contributed by atoms with Gasteiger partial charge in [0, 0.05) is 12.4 Å². The number of hydrogen-bond acceptors (Lipinski definition) is 5. The lowest BCUT2D eigenvalue weighted by molar-refractivity contribution is -0.153. The fourth-order valence-corrected chi connectivity index (χ4v) is 3.25. The summed E-state index contributed by atoms with van der Waals surface area (Å²) in [4.78, 5) is 20.0. The molecule has 0 radical (unpaired) electrons. The molecule has 2 atom stereocenters. The van der Waals surface area contributed by atoms with Gasteiger partial charge in [-0.1, -0.05) is 11.6 Å². The molecule has 6 nitrogen and oxygen atoms in total. The second-order valence-electron chi connectivity index (χ2n) is 4.41. The monoisotopic (exact) mass is 359 g/mol. The SMILES string of the molecule is COC(=O)C1CCC(c2nc(Br)c3c(Cl)nccn23)O1. The summed E-state index contributed by atoms with van der Waals surface area (Å²) in [6.45, 7) is 0. The number of rotatable bonds is 2. The van der Waals surface area contributed by atoms with Gasteiger partial charge in [0.05, 0.1) is 7.11 Å². The Morgan fingerprint density at radius 1 is 1.60 bits per heavy atom. The first kappa shape index (κ1) is 13.8. The van der Waals surface area contributed by atoms with Crippen LogP contribution >= 0.6 is 27.5 Å². The minimum Gasteiger partial charge on any atom is -0.467 e. The number of ether oxygens (including phenoxy) is 2. The molecule has 106 valence electrons. The molecule has 2 aromatic heterocycles.